The van der Waals surface area contributed by atoms with Gasteiger partial charge in [-0.2, -0.15) is 0 Å². The zero-order valence-corrected chi connectivity index (χ0v) is 12.6. The van der Waals surface area contributed by atoms with Gasteiger partial charge in [-0.1, -0.05) is 12.1 Å². The van der Waals surface area contributed by atoms with E-state index in [1.54, 1.807) is 18.2 Å². The smallest absolute Gasteiger partial charge is 0.251 e. The van der Waals surface area contributed by atoms with Crippen molar-refractivity contribution in [2.45, 2.75) is 31.5 Å². The Kier molecular flexibility index (Phi) is 3.35. The highest BCUT2D eigenvalue weighted by Gasteiger charge is 2.39. The molecular weight excluding hydrogens is 280 g/mol. The molecule has 22 heavy (non-hydrogen) atoms. The highest BCUT2D eigenvalue weighted by Crippen LogP contribution is 2.32. The predicted molar refractivity (Wildman–Crippen MR) is 81.2 cm³/mol. The van der Waals surface area contributed by atoms with Crippen LogP contribution in [0, 0.1) is 0 Å². The van der Waals surface area contributed by atoms with Gasteiger partial charge >= 0.3 is 0 Å². The Bertz CT molecular complexity index is 658. The number of aromatic nitrogens is 2. The van der Waals surface area contributed by atoms with Crippen LogP contribution in [0.5, 0.6) is 5.75 Å². The summed E-state index contributed by atoms with van der Waals surface area (Å²) in [7, 11) is 2.19. The highest BCUT2D eigenvalue weighted by molar-refractivity contribution is 5.61. The number of aromatic hydroxyl groups is 1. The minimum atomic E-state index is 0.164. The molecule has 0 aliphatic carbocycles. The molecule has 2 aromatic rings. The standard InChI is InChI=1S/C16H20N4O2/c1-19-8-11-6-7-12(9-19)20(11)10-15-17-18-16(22-15)13-4-2-3-5-14(13)21/h2-5,11-12,21H,6-10H2,1H3. The average molecular weight is 300 g/mol. The van der Waals surface area contributed by atoms with Crippen molar-refractivity contribution in [3.8, 4) is 17.2 Å². The summed E-state index contributed by atoms with van der Waals surface area (Å²) in [5.74, 6) is 1.17. The molecule has 1 aromatic heterocycles. The zero-order valence-electron chi connectivity index (χ0n) is 12.6. The number of hydrogen-bond acceptors (Lipinski definition) is 6. The molecular formula is C16H20N4O2. The maximum Gasteiger partial charge on any atom is 0.251 e. The number of likely N-dealkylation sites (N-methyl/N-ethyl adjacent to an activating group) is 1. The lowest BCUT2D eigenvalue weighted by atomic mass is 10.2. The molecule has 4 rings (SSSR count). The van der Waals surface area contributed by atoms with Gasteiger partial charge in [-0.05, 0) is 32.0 Å². The molecule has 6 heteroatoms. The molecule has 2 fully saturated rings. The second kappa shape index (κ2) is 5.37. The van der Waals surface area contributed by atoms with Crippen LogP contribution in [0.2, 0.25) is 0 Å². The maximum absolute atomic E-state index is 9.87. The van der Waals surface area contributed by atoms with E-state index in [9.17, 15) is 5.11 Å². The van der Waals surface area contributed by atoms with Gasteiger partial charge in [0.1, 0.15) is 5.75 Å². The minimum Gasteiger partial charge on any atom is -0.507 e. The van der Waals surface area contributed by atoms with Crippen molar-refractivity contribution in [3.63, 3.8) is 0 Å². The fraction of sp³-hybridized carbons (Fsp3) is 0.500. The number of hydrogen-bond donors (Lipinski definition) is 1. The number of rotatable bonds is 3. The van der Waals surface area contributed by atoms with E-state index in [4.69, 9.17) is 4.42 Å². The summed E-state index contributed by atoms with van der Waals surface area (Å²) < 4.78 is 5.77. The van der Waals surface area contributed by atoms with Gasteiger partial charge in [0.25, 0.3) is 5.89 Å². The first-order valence-electron chi connectivity index (χ1n) is 7.76. The van der Waals surface area contributed by atoms with E-state index < -0.39 is 0 Å². The molecule has 0 spiro atoms. The number of likely N-dealkylation sites (tertiary alicyclic amines) is 1. The molecule has 0 radical (unpaired) electrons. The molecule has 1 aromatic carbocycles. The number of piperazine rings is 1. The molecule has 2 saturated heterocycles. The third-order valence-corrected chi connectivity index (χ3v) is 4.74. The van der Waals surface area contributed by atoms with Crippen molar-refractivity contribution in [1.29, 1.82) is 0 Å². The molecule has 3 heterocycles. The number of fused-ring (bicyclic) bond motifs is 2. The molecule has 2 aliphatic heterocycles. The van der Waals surface area contributed by atoms with Crippen LogP contribution in [0.25, 0.3) is 11.5 Å². The molecule has 2 bridgehead atoms. The Morgan fingerprint density at radius 3 is 2.64 bits per heavy atom. The summed E-state index contributed by atoms with van der Waals surface area (Å²) in [5.41, 5.74) is 0.586. The number of para-hydroxylation sites is 1. The summed E-state index contributed by atoms with van der Waals surface area (Å²) in [6.07, 6.45) is 2.49. The minimum absolute atomic E-state index is 0.164. The van der Waals surface area contributed by atoms with Gasteiger partial charge in [-0.15, -0.1) is 10.2 Å². The number of benzene rings is 1. The van der Waals surface area contributed by atoms with Gasteiger partial charge in [-0.3, -0.25) is 4.90 Å². The monoisotopic (exact) mass is 300 g/mol. The first-order chi connectivity index (χ1) is 10.7. The SMILES string of the molecule is CN1CC2CCC(C1)N2Cc1nnc(-c2ccccc2O)o1. The summed E-state index contributed by atoms with van der Waals surface area (Å²) >= 11 is 0. The summed E-state index contributed by atoms with van der Waals surface area (Å²) in [4.78, 5) is 4.89. The molecule has 2 aliphatic rings. The van der Waals surface area contributed by atoms with Crippen molar-refractivity contribution in [2.75, 3.05) is 20.1 Å². The third-order valence-electron chi connectivity index (χ3n) is 4.74. The van der Waals surface area contributed by atoms with Gasteiger partial charge in [0.15, 0.2) is 0 Å². The van der Waals surface area contributed by atoms with E-state index >= 15 is 0 Å². The largest absolute Gasteiger partial charge is 0.507 e. The van der Waals surface area contributed by atoms with Crippen molar-refractivity contribution in [1.82, 2.24) is 20.0 Å². The lowest BCUT2D eigenvalue weighted by molar-refractivity contribution is 0.0686. The topological polar surface area (TPSA) is 65.6 Å². The number of phenols is 1. The molecule has 2 unspecified atom stereocenters. The molecule has 0 amide bonds. The second-order valence-electron chi connectivity index (χ2n) is 6.30. The lowest BCUT2D eigenvalue weighted by Crippen LogP contribution is -2.51. The third kappa shape index (κ3) is 2.38. The Balaban J connectivity index is 1.52. The summed E-state index contributed by atoms with van der Waals surface area (Å²) in [5, 5.41) is 18.1. The van der Waals surface area contributed by atoms with Crippen LogP contribution in [0.1, 0.15) is 18.7 Å². The maximum atomic E-state index is 9.87. The van der Waals surface area contributed by atoms with Gasteiger partial charge < -0.3 is 14.4 Å². The summed E-state index contributed by atoms with van der Waals surface area (Å²) in [6.45, 7) is 2.91. The van der Waals surface area contributed by atoms with E-state index in [0.29, 0.717) is 36.0 Å². The fourth-order valence-corrected chi connectivity index (χ4v) is 3.70. The second-order valence-corrected chi connectivity index (χ2v) is 6.30. The van der Waals surface area contributed by atoms with E-state index in [1.165, 1.54) is 12.8 Å². The summed E-state index contributed by atoms with van der Waals surface area (Å²) in [6, 6.07) is 8.21. The number of phenolic OH excluding ortho intramolecular Hbond substituents is 1. The molecule has 116 valence electrons. The van der Waals surface area contributed by atoms with Crippen LogP contribution in [0.4, 0.5) is 0 Å². The van der Waals surface area contributed by atoms with Crippen LogP contribution in [0.3, 0.4) is 0 Å². The molecule has 6 nitrogen and oxygen atoms in total. The average Bonchev–Trinajstić information content (AvgIpc) is 3.04. The van der Waals surface area contributed by atoms with Crippen LogP contribution in [-0.4, -0.2) is 57.3 Å². The van der Waals surface area contributed by atoms with E-state index in [-0.39, 0.29) is 5.75 Å². The first kappa shape index (κ1) is 13.7. The van der Waals surface area contributed by atoms with Gasteiger partial charge in [0, 0.05) is 25.2 Å². The van der Waals surface area contributed by atoms with Crippen LogP contribution >= 0.6 is 0 Å². The quantitative estimate of drug-likeness (QED) is 0.931. The van der Waals surface area contributed by atoms with Gasteiger partial charge in [-0.25, -0.2) is 0 Å². The number of nitrogens with zero attached hydrogens (tertiary/aromatic N) is 4. The van der Waals surface area contributed by atoms with E-state index in [2.05, 4.69) is 27.0 Å². The normalized spacial score (nSPS) is 25.7. The van der Waals surface area contributed by atoms with Crippen molar-refractivity contribution in [2.24, 2.45) is 0 Å². The Hall–Kier alpha value is -1.92. The Labute approximate surface area is 129 Å². The van der Waals surface area contributed by atoms with E-state index in [1.807, 2.05) is 6.07 Å². The van der Waals surface area contributed by atoms with Crippen LogP contribution < -0.4 is 0 Å². The zero-order chi connectivity index (χ0) is 15.1. The Morgan fingerprint density at radius 1 is 1.18 bits per heavy atom. The molecule has 2 atom stereocenters. The van der Waals surface area contributed by atoms with Crippen LogP contribution in [-0.2, 0) is 6.54 Å². The van der Waals surface area contributed by atoms with E-state index in [0.717, 1.165) is 13.1 Å². The van der Waals surface area contributed by atoms with Crippen molar-refractivity contribution in [3.05, 3.63) is 30.2 Å². The first-order valence-corrected chi connectivity index (χ1v) is 7.76. The highest BCUT2D eigenvalue weighted by atomic mass is 16.4. The van der Waals surface area contributed by atoms with Crippen LogP contribution in [0.15, 0.2) is 28.7 Å². The van der Waals surface area contributed by atoms with Crippen molar-refractivity contribution < 1.29 is 9.52 Å². The predicted octanol–water partition coefficient (Wildman–Crippen LogP) is 1.72. The molecule has 1 N–H and O–H groups in total. The Morgan fingerprint density at radius 2 is 1.91 bits per heavy atom. The fourth-order valence-electron chi connectivity index (χ4n) is 3.70. The van der Waals surface area contributed by atoms with Gasteiger partial charge in [0.2, 0.25) is 5.89 Å². The lowest BCUT2D eigenvalue weighted by Gasteiger charge is -2.38. The van der Waals surface area contributed by atoms with Crippen molar-refractivity contribution >= 4 is 0 Å². The molecule has 0 saturated carbocycles. The van der Waals surface area contributed by atoms with Gasteiger partial charge in [0.05, 0.1) is 12.1 Å².